The Morgan fingerprint density at radius 1 is 1.04 bits per heavy atom. The van der Waals surface area contributed by atoms with Gasteiger partial charge in [0, 0.05) is 43.7 Å². The molecule has 1 aromatic carbocycles. The van der Waals surface area contributed by atoms with Crippen molar-refractivity contribution in [1.82, 2.24) is 9.80 Å². The summed E-state index contributed by atoms with van der Waals surface area (Å²) in [5.41, 5.74) is 6.65. The van der Waals surface area contributed by atoms with Gasteiger partial charge in [-0.2, -0.15) is 0 Å². The Morgan fingerprint density at radius 3 is 2.50 bits per heavy atom. The van der Waals surface area contributed by atoms with Crippen molar-refractivity contribution in [2.75, 3.05) is 33.3 Å². The van der Waals surface area contributed by atoms with Crippen molar-refractivity contribution in [3.8, 4) is 5.75 Å². The van der Waals surface area contributed by atoms with Gasteiger partial charge in [-0.05, 0) is 50.3 Å². The zero-order chi connectivity index (χ0) is 18.5. The topological polar surface area (TPSA) is 75.9 Å². The molecule has 0 bridgehead atoms. The number of carbonyl (C=O) groups is 2. The highest BCUT2D eigenvalue weighted by Crippen LogP contribution is 2.23. The number of methoxy groups -OCH3 is 1. The van der Waals surface area contributed by atoms with E-state index >= 15 is 0 Å². The summed E-state index contributed by atoms with van der Waals surface area (Å²) in [5, 5.41) is 0. The van der Waals surface area contributed by atoms with Crippen LogP contribution in [0.15, 0.2) is 24.3 Å². The van der Waals surface area contributed by atoms with E-state index in [9.17, 15) is 9.59 Å². The summed E-state index contributed by atoms with van der Waals surface area (Å²) in [4.78, 5) is 29.3. The number of likely N-dealkylation sites (tertiary alicyclic amines) is 2. The molecule has 0 aliphatic carbocycles. The van der Waals surface area contributed by atoms with Gasteiger partial charge in [0.25, 0.3) is 5.91 Å². The molecule has 0 unspecified atom stereocenters. The quantitative estimate of drug-likeness (QED) is 0.894. The first-order valence-electron chi connectivity index (χ1n) is 9.56. The number of hydrogen-bond acceptors (Lipinski definition) is 4. The molecule has 2 amide bonds. The normalized spacial score (nSPS) is 22.0. The highest BCUT2D eigenvalue weighted by atomic mass is 16.5. The highest BCUT2D eigenvalue weighted by molar-refractivity contribution is 5.94. The SMILES string of the molecule is COc1cccc(C(=O)N2CCC(C(=O)N3CCC[C@H](N)CC3)CC2)c1. The van der Waals surface area contributed by atoms with Gasteiger partial charge in [-0.25, -0.2) is 0 Å². The van der Waals surface area contributed by atoms with Gasteiger partial charge in [-0.3, -0.25) is 9.59 Å². The van der Waals surface area contributed by atoms with E-state index in [1.54, 1.807) is 13.2 Å². The van der Waals surface area contributed by atoms with Crippen molar-refractivity contribution >= 4 is 11.8 Å². The number of benzene rings is 1. The minimum Gasteiger partial charge on any atom is -0.497 e. The predicted molar refractivity (Wildman–Crippen MR) is 100 cm³/mol. The van der Waals surface area contributed by atoms with Gasteiger partial charge < -0.3 is 20.3 Å². The molecule has 6 nitrogen and oxygen atoms in total. The first-order chi connectivity index (χ1) is 12.6. The minimum atomic E-state index is 0.00976. The monoisotopic (exact) mass is 359 g/mol. The Morgan fingerprint density at radius 2 is 1.77 bits per heavy atom. The van der Waals surface area contributed by atoms with Crippen LogP contribution in [0.3, 0.4) is 0 Å². The number of amides is 2. The van der Waals surface area contributed by atoms with E-state index in [1.807, 2.05) is 28.0 Å². The van der Waals surface area contributed by atoms with E-state index in [-0.39, 0.29) is 23.8 Å². The fourth-order valence-corrected chi connectivity index (χ4v) is 3.87. The van der Waals surface area contributed by atoms with Crippen molar-refractivity contribution in [2.45, 2.75) is 38.1 Å². The van der Waals surface area contributed by atoms with E-state index < -0.39 is 0 Å². The summed E-state index contributed by atoms with van der Waals surface area (Å²) in [6.45, 7) is 2.83. The molecule has 3 rings (SSSR count). The van der Waals surface area contributed by atoms with Crippen LogP contribution >= 0.6 is 0 Å². The number of rotatable bonds is 3. The van der Waals surface area contributed by atoms with Gasteiger partial charge >= 0.3 is 0 Å². The summed E-state index contributed by atoms with van der Waals surface area (Å²) in [6, 6.07) is 7.44. The van der Waals surface area contributed by atoms with Crippen LogP contribution in [0.5, 0.6) is 5.75 Å². The molecule has 0 spiro atoms. The largest absolute Gasteiger partial charge is 0.497 e. The number of hydrogen-bond donors (Lipinski definition) is 1. The van der Waals surface area contributed by atoms with Crippen molar-refractivity contribution in [3.63, 3.8) is 0 Å². The lowest BCUT2D eigenvalue weighted by Gasteiger charge is -2.34. The summed E-state index contributed by atoms with van der Waals surface area (Å²) < 4.78 is 5.20. The third-order valence-electron chi connectivity index (χ3n) is 5.53. The lowest BCUT2D eigenvalue weighted by atomic mass is 9.94. The van der Waals surface area contributed by atoms with E-state index in [2.05, 4.69) is 0 Å². The molecule has 0 saturated carbocycles. The molecular weight excluding hydrogens is 330 g/mol. The summed E-state index contributed by atoms with van der Waals surface area (Å²) in [7, 11) is 1.59. The summed E-state index contributed by atoms with van der Waals surface area (Å²) >= 11 is 0. The summed E-state index contributed by atoms with van der Waals surface area (Å²) in [5.74, 6) is 0.960. The van der Waals surface area contributed by atoms with Crippen LogP contribution in [0.25, 0.3) is 0 Å². The number of carbonyl (C=O) groups excluding carboxylic acids is 2. The molecule has 6 heteroatoms. The van der Waals surface area contributed by atoms with Gasteiger partial charge in [0.2, 0.25) is 5.91 Å². The predicted octanol–water partition coefficient (Wildman–Crippen LogP) is 1.89. The first kappa shape index (κ1) is 18.7. The Kier molecular flexibility index (Phi) is 6.14. The van der Waals surface area contributed by atoms with E-state index in [1.165, 1.54) is 0 Å². The van der Waals surface area contributed by atoms with E-state index in [0.29, 0.717) is 24.4 Å². The van der Waals surface area contributed by atoms with Crippen molar-refractivity contribution < 1.29 is 14.3 Å². The standard InChI is InChI=1S/C20H29N3O3/c1-26-18-6-2-4-16(14-18)20(25)23-11-7-15(8-12-23)19(24)22-10-3-5-17(21)9-13-22/h2,4,6,14-15,17H,3,5,7-13,21H2,1H3/t17-/m0/s1. The van der Waals surface area contributed by atoms with Crippen LogP contribution in [0.1, 0.15) is 42.5 Å². The lowest BCUT2D eigenvalue weighted by molar-refractivity contribution is -0.136. The molecular formula is C20H29N3O3. The molecule has 142 valence electrons. The van der Waals surface area contributed by atoms with Crippen LogP contribution in [-0.4, -0.2) is 60.9 Å². The van der Waals surface area contributed by atoms with Crippen molar-refractivity contribution in [1.29, 1.82) is 0 Å². The maximum Gasteiger partial charge on any atom is 0.253 e. The smallest absolute Gasteiger partial charge is 0.253 e. The van der Waals surface area contributed by atoms with Gasteiger partial charge in [-0.15, -0.1) is 0 Å². The molecule has 0 aromatic heterocycles. The Balaban J connectivity index is 1.55. The van der Waals surface area contributed by atoms with Crippen LogP contribution in [0, 0.1) is 5.92 Å². The molecule has 1 atom stereocenters. The first-order valence-corrected chi connectivity index (χ1v) is 9.56. The average molecular weight is 359 g/mol. The number of nitrogens with two attached hydrogens (primary N) is 1. The molecule has 1 aromatic rings. The van der Waals surface area contributed by atoms with Crippen LogP contribution < -0.4 is 10.5 Å². The van der Waals surface area contributed by atoms with E-state index in [4.69, 9.17) is 10.5 Å². The van der Waals surface area contributed by atoms with Gasteiger partial charge in [-0.1, -0.05) is 6.07 Å². The molecule has 2 fully saturated rings. The Bertz CT molecular complexity index is 641. The average Bonchev–Trinajstić information content (AvgIpc) is 2.91. The zero-order valence-corrected chi connectivity index (χ0v) is 15.5. The number of ether oxygens (including phenoxy) is 1. The van der Waals surface area contributed by atoms with Gasteiger partial charge in [0.15, 0.2) is 0 Å². The molecule has 26 heavy (non-hydrogen) atoms. The third-order valence-corrected chi connectivity index (χ3v) is 5.53. The molecule has 2 aliphatic rings. The maximum atomic E-state index is 12.8. The van der Waals surface area contributed by atoms with Crippen molar-refractivity contribution in [3.05, 3.63) is 29.8 Å². The Hall–Kier alpha value is -2.08. The number of piperidine rings is 1. The second-order valence-corrected chi connectivity index (χ2v) is 7.31. The van der Waals surface area contributed by atoms with Gasteiger partial charge in [0.1, 0.15) is 5.75 Å². The van der Waals surface area contributed by atoms with Crippen molar-refractivity contribution in [2.24, 2.45) is 11.7 Å². The Labute approximate surface area is 155 Å². The van der Waals surface area contributed by atoms with Crippen LogP contribution in [-0.2, 0) is 4.79 Å². The molecule has 2 aliphatic heterocycles. The summed E-state index contributed by atoms with van der Waals surface area (Å²) in [6.07, 6.45) is 4.34. The third kappa shape index (κ3) is 4.36. The minimum absolute atomic E-state index is 0.00976. The lowest BCUT2D eigenvalue weighted by Crippen LogP contribution is -2.44. The van der Waals surface area contributed by atoms with Crippen LogP contribution in [0.2, 0.25) is 0 Å². The zero-order valence-electron chi connectivity index (χ0n) is 15.5. The fourth-order valence-electron chi connectivity index (χ4n) is 3.87. The molecule has 2 heterocycles. The number of nitrogens with zero attached hydrogens (tertiary/aromatic N) is 2. The second kappa shape index (κ2) is 8.54. The maximum absolute atomic E-state index is 12.8. The fraction of sp³-hybridized carbons (Fsp3) is 0.600. The van der Waals surface area contributed by atoms with Crippen LogP contribution in [0.4, 0.5) is 0 Å². The molecule has 2 N–H and O–H groups in total. The highest BCUT2D eigenvalue weighted by Gasteiger charge is 2.31. The molecule has 0 radical (unpaired) electrons. The van der Waals surface area contributed by atoms with Gasteiger partial charge in [0.05, 0.1) is 7.11 Å². The second-order valence-electron chi connectivity index (χ2n) is 7.31. The van der Waals surface area contributed by atoms with E-state index in [0.717, 1.165) is 45.2 Å². The molecule has 2 saturated heterocycles.